The van der Waals surface area contributed by atoms with Crippen LogP contribution >= 0.6 is 0 Å². The van der Waals surface area contributed by atoms with Crippen LogP contribution in [0.2, 0.25) is 0 Å². The Morgan fingerprint density at radius 2 is 2.06 bits per heavy atom. The second kappa shape index (κ2) is 5.05. The first-order valence-corrected chi connectivity index (χ1v) is 5.54. The summed E-state index contributed by atoms with van der Waals surface area (Å²) in [6, 6.07) is 3.82. The summed E-state index contributed by atoms with van der Waals surface area (Å²) in [4.78, 5) is 11.7. The Morgan fingerprint density at radius 3 is 2.65 bits per heavy atom. The van der Waals surface area contributed by atoms with Gasteiger partial charge in [-0.15, -0.1) is 0 Å². The highest BCUT2D eigenvalue weighted by molar-refractivity contribution is 5.95. The number of carbonyl (C=O) groups is 1. The summed E-state index contributed by atoms with van der Waals surface area (Å²) in [6.07, 6.45) is 0.950. The molecule has 0 aromatic heterocycles. The monoisotopic (exact) mass is 237 g/mol. The van der Waals surface area contributed by atoms with E-state index in [0.717, 1.165) is 13.0 Å². The molecule has 0 spiro atoms. The Morgan fingerprint density at radius 1 is 1.35 bits per heavy atom. The van der Waals surface area contributed by atoms with Crippen LogP contribution in [-0.2, 0) is 4.74 Å². The Hall–Kier alpha value is -1.75. The van der Waals surface area contributed by atoms with Gasteiger partial charge in [-0.25, -0.2) is 0 Å². The third kappa shape index (κ3) is 3.10. The smallest absolute Gasteiger partial charge is 0.251 e. The number of amides is 1. The van der Waals surface area contributed by atoms with Crippen molar-refractivity contribution in [1.82, 2.24) is 5.32 Å². The zero-order valence-electron chi connectivity index (χ0n) is 9.35. The van der Waals surface area contributed by atoms with Crippen LogP contribution in [0.15, 0.2) is 18.2 Å². The van der Waals surface area contributed by atoms with Gasteiger partial charge in [0.1, 0.15) is 11.5 Å². The summed E-state index contributed by atoms with van der Waals surface area (Å²) in [7, 11) is 0. The first-order chi connectivity index (χ1) is 8.15. The third-order valence-electron chi connectivity index (χ3n) is 2.74. The SMILES string of the molecule is O=C(NCC1CCOC1)c1cc(O)cc(O)c1. The molecule has 1 unspecified atom stereocenters. The summed E-state index contributed by atoms with van der Waals surface area (Å²) < 4.78 is 5.20. The molecule has 0 bridgehead atoms. The van der Waals surface area contributed by atoms with Crippen molar-refractivity contribution in [3.63, 3.8) is 0 Å². The van der Waals surface area contributed by atoms with Crippen molar-refractivity contribution in [2.24, 2.45) is 5.92 Å². The van der Waals surface area contributed by atoms with Gasteiger partial charge in [-0.1, -0.05) is 0 Å². The number of aromatic hydroxyl groups is 2. The number of rotatable bonds is 3. The van der Waals surface area contributed by atoms with Crippen molar-refractivity contribution < 1.29 is 19.7 Å². The first-order valence-electron chi connectivity index (χ1n) is 5.54. The second-order valence-corrected chi connectivity index (χ2v) is 4.18. The highest BCUT2D eigenvalue weighted by atomic mass is 16.5. The van der Waals surface area contributed by atoms with Gasteiger partial charge in [-0.3, -0.25) is 4.79 Å². The zero-order chi connectivity index (χ0) is 12.3. The van der Waals surface area contributed by atoms with Crippen molar-refractivity contribution in [3.05, 3.63) is 23.8 Å². The van der Waals surface area contributed by atoms with Crippen LogP contribution in [0, 0.1) is 5.92 Å². The number of phenolic OH excluding ortho intramolecular Hbond substituents is 2. The summed E-state index contributed by atoms with van der Waals surface area (Å²) in [5.41, 5.74) is 0.251. The van der Waals surface area contributed by atoms with Gasteiger partial charge in [0, 0.05) is 30.7 Å². The Kier molecular flexibility index (Phi) is 3.49. The summed E-state index contributed by atoms with van der Waals surface area (Å²) in [5, 5.41) is 21.3. The molecule has 5 nitrogen and oxygen atoms in total. The van der Waals surface area contributed by atoms with Crippen LogP contribution in [0.25, 0.3) is 0 Å². The molecule has 1 amide bonds. The van der Waals surface area contributed by atoms with Gasteiger partial charge in [0.05, 0.1) is 6.61 Å². The molecule has 1 fully saturated rings. The molecule has 1 aromatic carbocycles. The number of ether oxygens (including phenoxy) is 1. The Balaban J connectivity index is 1.94. The van der Waals surface area contributed by atoms with Crippen molar-refractivity contribution >= 4 is 5.91 Å². The number of hydrogen-bond donors (Lipinski definition) is 3. The molecule has 1 saturated heterocycles. The largest absolute Gasteiger partial charge is 0.508 e. The number of phenols is 2. The second-order valence-electron chi connectivity index (χ2n) is 4.18. The molecular formula is C12H15NO4. The van der Waals surface area contributed by atoms with Crippen molar-refractivity contribution in [1.29, 1.82) is 0 Å². The van der Waals surface area contributed by atoms with E-state index in [4.69, 9.17) is 4.74 Å². The lowest BCUT2D eigenvalue weighted by atomic mass is 10.1. The summed E-state index contributed by atoms with van der Waals surface area (Å²) in [6.45, 7) is 1.97. The number of carbonyl (C=O) groups excluding carboxylic acids is 1. The molecule has 1 aromatic rings. The van der Waals surface area contributed by atoms with Crippen LogP contribution in [0.4, 0.5) is 0 Å². The standard InChI is InChI=1S/C12H15NO4/c14-10-3-9(4-11(15)5-10)12(16)13-6-8-1-2-17-7-8/h3-5,8,14-15H,1-2,6-7H2,(H,13,16). The summed E-state index contributed by atoms with van der Waals surface area (Å²) >= 11 is 0. The van der Waals surface area contributed by atoms with Gasteiger partial charge in [0.25, 0.3) is 5.91 Å². The average Bonchev–Trinajstić information content (AvgIpc) is 2.77. The molecule has 0 saturated carbocycles. The van der Waals surface area contributed by atoms with E-state index < -0.39 is 0 Å². The predicted molar refractivity (Wildman–Crippen MR) is 61.0 cm³/mol. The van der Waals surface area contributed by atoms with Crippen molar-refractivity contribution in [2.75, 3.05) is 19.8 Å². The lowest BCUT2D eigenvalue weighted by Gasteiger charge is -2.09. The fourth-order valence-corrected chi connectivity index (χ4v) is 1.81. The fraction of sp³-hybridized carbons (Fsp3) is 0.417. The van der Waals surface area contributed by atoms with E-state index in [0.29, 0.717) is 19.1 Å². The van der Waals surface area contributed by atoms with Crippen LogP contribution < -0.4 is 5.32 Å². The van der Waals surface area contributed by atoms with Crippen LogP contribution in [-0.4, -0.2) is 35.9 Å². The third-order valence-corrected chi connectivity index (χ3v) is 2.74. The highest BCUT2D eigenvalue weighted by Gasteiger charge is 2.17. The molecule has 0 aliphatic carbocycles. The number of benzene rings is 1. The van der Waals surface area contributed by atoms with E-state index in [2.05, 4.69) is 5.32 Å². The topological polar surface area (TPSA) is 78.8 Å². The van der Waals surface area contributed by atoms with Gasteiger partial charge in [-0.2, -0.15) is 0 Å². The van der Waals surface area contributed by atoms with E-state index in [1.807, 2.05) is 0 Å². The lowest BCUT2D eigenvalue weighted by Crippen LogP contribution is -2.29. The van der Waals surface area contributed by atoms with Crippen molar-refractivity contribution in [2.45, 2.75) is 6.42 Å². The minimum atomic E-state index is -0.303. The van der Waals surface area contributed by atoms with Crippen LogP contribution in [0.1, 0.15) is 16.8 Å². The maximum Gasteiger partial charge on any atom is 0.251 e. The molecular weight excluding hydrogens is 222 g/mol. The van der Waals surface area contributed by atoms with Crippen LogP contribution in [0.3, 0.4) is 0 Å². The first kappa shape index (κ1) is 11.7. The molecule has 0 radical (unpaired) electrons. The molecule has 2 rings (SSSR count). The van der Waals surface area contributed by atoms with E-state index in [-0.39, 0.29) is 23.0 Å². The molecule has 1 aliphatic heterocycles. The van der Waals surface area contributed by atoms with Gasteiger partial charge < -0.3 is 20.3 Å². The van der Waals surface area contributed by atoms with E-state index in [9.17, 15) is 15.0 Å². The lowest BCUT2D eigenvalue weighted by molar-refractivity contribution is 0.0944. The van der Waals surface area contributed by atoms with Crippen LogP contribution in [0.5, 0.6) is 11.5 Å². The van der Waals surface area contributed by atoms with Gasteiger partial charge in [0.2, 0.25) is 0 Å². The molecule has 1 aliphatic rings. The normalized spacial score (nSPS) is 19.2. The summed E-state index contributed by atoms with van der Waals surface area (Å²) in [5.74, 6) is -0.202. The molecule has 5 heteroatoms. The van der Waals surface area contributed by atoms with E-state index in [1.165, 1.54) is 18.2 Å². The maximum absolute atomic E-state index is 11.7. The quantitative estimate of drug-likeness (QED) is 0.728. The van der Waals surface area contributed by atoms with E-state index >= 15 is 0 Å². The Labute approximate surface area is 99.0 Å². The molecule has 3 N–H and O–H groups in total. The number of nitrogens with one attached hydrogen (secondary N) is 1. The minimum Gasteiger partial charge on any atom is -0.508 e. The van der Waals surface area contributed by atoms with Gasteiger partial charge >= 0.3 is 0 Å². The highest BCUT2D eigenvalue weighted by Crippen LogP contribution is 2.20. The van der Waals surface area contributed by atoms with Crippen molar-refractivity contribution in [3.8, 4) is 11.5 Å². The fourth-order valence-electron chi connectivity index (χ4n) is 1.81. The molecule has 1 heterocycles. The molecule has 92 valence electrons. The maximum atomic E-state index is 11.7. The predicted octanol–water partition coefficient (Wildman–Crippen LogP) is 0.864. The average molecular weight is 237 g/mol. The molecule has 17 heavy (non-hydrogen) atoms. The Bertz CT molecular complexity index is 393. The zero-order valence-corrected chi connectivity index (χ0v) is 9.35. The van der Waals surface area contributed by atoms with Gasteiger partial charge in [-0.05, 0) is 18.6 Å². The number of hydrogen-bond acceptors (Lipinski definition) is 4. The minimum absolute atomic E-state index is 0.126. The molecule has 1 atom stereocenters. The van der Waals surface area contributed by atoms with Gasteiger partial charge in [0.15, 0.2) is 0 Å². The van der Waals surface area contributed by atoms with E-state index in [1.54, 1.807) is 0 Å².